The van der Waals surface area contributed by atoms with Gasteiger partial charge in [0.25, 0.3) is 0 Å². The summed E-state index contributed by atoms with van der Waals surface area (Å²) < 4.78 is 1.29. The van der Waals surface area contributed by atoms with Gasteiger partial charge in [0.15, 0.2) is 0 Å². The van der Waals surface area contributed by atoms with Crippen LogP contribution in [0.2, 0.25) is 0 Å². The van der Waals surface area contributed by atoms with Crippen LogP contribution in [0.15, 0.2) is 28.7 Å². The van der Waals surface area contributed by atoms with Gasteiger partial charge in [0.1, 0.15) is 0 Å². The zero-order valence-corrected chi connectivity index (χ0v) is 14.7. The maximum atomic E-state index is 3.92. The zero-order valence-electron chi connectivity index (χ0n) is 13.2. The minimum atomic E-state index is 0.759. The highest BCUT2D eigenvalue weighted by molar-refractivity contribution is 9.10. The zero-order chi connectivity index (χ0) is 14.7. The topological polar surface area (TPSA) is 12.0 Å². The summed E-state index contributed by atoms with van der Waals surface area (Å²) in [6.45, 7) is 2.32. The van der Waals surface area contributed by atoms with E-state index in [1.165, 1.54) is 61.4 Å². The Hall–Kier alpha value is -0.340. The average molecular weight is 350 g/mol. The van der Waals surface area contributed by atoms with Crippen molar-refractivity contribution >= 4 is 15.9 Å². The number of hydrogen-bond donors (Lipinski definition) is 1. The van der Waals surface area contributed by atoms with Crippen molar-refractivity contribution in [2.75, 3.05) is 0 Å². The number of halogens is 1. The highest BCUT2D eigenvalue weighted by Gasteiger charge is 2.33. The molecule has 1 N–H and O–H groups in total. The Labute approximate surface area is 138 Å². The Morgan fingerprint density at radius 2 is 1.76 bits per heavy atom. The molecule has 0 saturated heterocycles. The van der Waals surface area contributed by atoms with Gasteiger partial charge in [0.05, 0.1) is 0 Å². The van der Waals surface area contributed by atoms with Crippen LogP contribution >= 0.6 is 15.9 Å². The van der Waals surface area contributed by atoms with Gasteiger partial charge in [0.2, 0.25) is 0 Å². The third-order valence-electron chi connectivity index (χ3n) is 5.50. The van der Waals surface area contributed by atoms with Crippen molar-refractivity contribution in [1.82, 2.24) is 5.32 Å². The van der Waals surface area contributed by atoms with Crippen molar-refractivity contribution in [3.63, 3.8) is 0 Å². The molecule has 116 valence electrons. The van der Waals surface area contributed by atoms with Gasteiger partial charge in [-0.25, -0.2) is 0 Å². The second-order valence-electron chi connectivity index (χ2n) is 7.06. The maximum absolute atomic E-state index is 3.92. The normalized spacial score (nSPS) is 32.7. The Bertz CT molecular complexity index is 445. The lowest BCUT2D eigenvalue weighted by Crippen LogP contribution is -2.46. The molecule has 1 aromatic rings. The van der Waals surface area contributed by atoms with Crippen molar-refractivity contribution in [1.29, 1.82) is 0 Å². The molecular weight excluding hydrogens is 322 g/mol. The van der Waals surface area contributed by atoms with Crippen molar-refractivity contribution < 1.29 is 0 Å². The average Bonchev–Trinajstić information content (AvgIpc) is 2.46. The number of benzene rings is 1. The highest BCUT2D eigenvalue weighted by Crippen LogP contribution is 2.40. The van der Waals surface area contributed by atoms with Gasteiger partial charge in [0, 0.05) is 16.6 Å². The summed E-state index contributed by atoms with van der Waals surface area (Å²) in [4.78, 5) is 0. The molecule has 2 aliphatic carbocycles. The first-order chi connectivity index (χ1) is 10.3. The first kappa shape index (κ1) is 15.6. The second kappa shape index (κ2) is 7.28. The molecule has 0 unspecified atom stereocenters. The molecule has 3 rings (SSSR count). The number of rotatable bonds is 5. The predicted octanol–water partition coefficient (Wildman–Crippen LogP) is 5.64. The van der Waals surface area contributed by atoms with Gasteiger partial charge < -0.3 is 5.32 Å². The quantitative estimate of drug-likeness (QED) is 0.724. The molecule has 1 aromatic carbocycles. The minimum absolute atomic E-state index is 0.759. The lowest BCUT2D eigenvalue weighted by molar-refractivity contribution is 0.212. The first-order valence-corrected chi connectivity index (χ1v) is 9.56. The van der Waals surface area contributed by atoms with E-state index in [0.717, 1.165) is 23.9 Å². The SMILES string of the molecule is CCCC1CCC(NC2CC(c3ccccc3Br)C2)CC1. The van der Waals surface area contributed by atoms with Gasteiger partial charge in [-0.1, -0.05) is 53.9 Å². The van der Waals surface area contributed by atoms with Gasteiger partial charge in [-0.15, -0.1) is 0 Å². The number of hydrogen-bond acceptors (Lipinski definition) is 1. The molecule has 0 bridgehead atoms. The molecule has 2 fully saturated rings. The molecular formula is C19H28BrN. The van der Waals surface area contributed by atoms with E-state index in [4.69, 9.17) is 0 Å². The standard InChI is InChI=1S/C19H28BrN/c1-2-5-14-8-10-16(11-9-14)21-17-12-15(13-17)18-6-3-4-7-19(18)20/h3-4,6-7,14-17,21H,2,5,8-13H2,1H3. The molecule has 1 nitrogen and oxygen atoms in total. The maximum Gasteiger partial charge on any atom is 0.0210 e. The predicted molar refractivity (Wildman–Crippen MR) is 93.7 cm³/mol. The van der Waals surface area contributed by atoms with E-state index < -0.39 is 0 Å². The van der Waals surface area contributed by atoms with E-state index >= 15 is 0 Å². The van der Waals surface area contributed by atoms with E-state index in [1.54, 1.807) is 0 Å². The van der Waals surface area contributed by atoms with E-state index in [2.05, 4.69) is 52.4 Å². The summed E-state index contributed by atoms with van der Waals surface area (Å²) in [6, 6.07) is 10.3. The van der Waals surface area contributed by atoms with Crippen LogP contribution in [-0.2, 0) is 0 Å². The molecule has 0 aromatic heterocycles. The summed E-state index contributed by atoms with van der Waals surface area (Å²) in [5.74, 6) is 1.77. The van der Waals surface area contributed by atoms with Crippen LogP contribution in [0, 0.1) is 5.92 Å². The largest absolute Gasteiger partial charge is 0.311 e. The van der Waals surface area contributed by atoms with Gasteiger partial charge in [-0.05, 0) is 62.0 Å². The van der Waals surface area contributed by atoms with Gasteiger partial charge >= 0.3 is 0 Å². The van der Waals surface area contributed by atoms with Crippen molar-refractivity contribution in [3.8, 4) is 0 Å². The van der Waals surface area contributed by atoms with E-state index in [1.807, 2.05) is 0 Å². The molecule has 0 amide bonds. The summed E-state index contributed by atoms with van der Waals surface area (Å²) in [5.41, 5.74) is 1.50. The van der Waals surface area contributed by atoms with E-state index in [-0.39, 0.29) is 0 Å². The minimum Gasteiger partial charge on any atom is -0.311 e. The Morgan fingerprint density at radius 1 is 1.05 bits per heavy atom. The molecule has 0 atom stereocenters. The molecule has 0 heterocycles. The monoisotopic (exact) mass is 349 g/mol. The van der Waals surface area contributed by atoms with Crippen LogP contribution in [0.3, 0.4) is 0 Å². The fourth-order valence-corrected chi connectivity index (χ4v) is 4.78. The molecule has 0 radical (unpaired) electrons. The smallest absolute Gasteiger partial charge is 0.0210 e. The molecule has 2 saturated carbocycles. The van der Waals surface area contributed by atoms with Crippen LogP contribution in [0.5, 0.6) is 0 Å². The van der Waals surface area contributed by atoms with Crippen LogP contribution in [-0.4, -0.2) is 12.1 Å². The van der Waals surface area contributed by atoms with Gasteiger partial charge in [-0.3, -0.25) is 0 Å². The Kier molecular flexibility index (Phi) is 5.39. The van der Waals surface area contributed by atoms with Crippen LogP contribution in [0.1, 0.15) is 69.8 Å². The first-order valence-electron chi connectivity index (χ1n) is 8.76. The summed E-state index contributed by atoms with van der Waals surface area (Å²) >= 11 is 3.69. The summed E-state index contributed by atoms with van der Waals surface area (Å²) in [5, 5.41) is 3.92. The summed E-state index contributed by atoms with van der Waals surface area (Å²) in [7, 11) is 0. The molecule has 2 aliphatic rings. The number of nitrogens with one attached hydrogen (secondary N) is 1. The lowest BCUT2D eigenvalue weighted by atomic mass is 9.74. The van der Waals surface area contributed by atoms with Crippen LogP contribution in [0.25, 0.3) is 0 Å². The van der Waals surface area contributed by atoms with Crippen molar-refractivity contribution in [3.05, 3.63) is 34.3 Å². The lowest BCUT2D eigenvalue weighted by Gasteiger charge is -2.41. The Balaban J connectivity index is 1.41. The fraction of sp³-hybridized carbons (Fsp3) is 0.684. The third-order valence-corrected chi connectivity index (χ3v) is 6.22. The van der Waals surface area contributed by atoms with E-state index in [0.29, 0.717) is 0 Å². The van der Waals surface area contributed by atoms with Gasteiger partial charge in [-0.2, -0.15) is 0 Å². The molecule has 2 heteroatoms. The van der Waals surface area contributed by atoms with Crippen molar-refractivity contribution in [2.45, 2.75) is 76.3 Å². The second-order valence-corrected chi connectivity index (χ2v) is 7.91. The van der Waals surface area contributed by atoms with Crippen molar-refractivity contribution in [2.24, 2.45) is 5.92 Å². The highest BCUT2D eigenvalue weighted by atomic mass is 79.9. The fourth-order valence-electron chi connectivity index (χ4n) is 4.17. The molecule has 21 heavy (non-hydrogen) atoms. The summed E-state index contributed by atoms with van der Waals surface area (Å²) in [6.07, 6.45) is 11.1. The Morgan fingerprint density at radius 3 is 2.43 bits per heavy atom. The van der Waals surface area contributed by atoms with Crippen LogP contribution < -0.4 is 5.32 Å². The molecule has 0 spiro atoms. The van der Waals surface area contributed by atoms with Crippen LogP contribution in [0.4, 0.5) is 0 Å². The van der Waals surface area contributed by atoms with E-state index in [9.17, 15) is 0 Å². The molecule has 0 aliphatic heterocycles. The third kappa shape index (κ3) is 3.90.